The summed E-state index contributed by atoms with van der Waals surface area (Å²) in [6, 6.07) is 3.35. The fourth-order valence-corrected chi connectivity index (χ4v) is 8.64. The Bertz CT molecular complexity index is 2140. The zero-order valence-electron chi connectivity index (χ0n) is 31.0. The molecule has 2 saturated carbocycles. The number of carbonyl (C=O) groups excluding carboxylic acids is 4. The number of aryl methyl sites for hydroxylation is 1. The van der Waals surface area contributed by atoms with Gasteiger partial charge in [-0.1, -0.05) is 50.9 Å². The highest BCUT2D eigenvalue weighted by Gasteiger charge is 2.62. The lowest BCUT2D eigenvalue weighted by Gasteiger charge is -2.29. The number of rotatable bonds is 9. The lowest BCUT2D eigenvalue weighted by Crippen LogP contribution is -2.58. The summed E-state index contributed by atoms with van der Waals surface area (Å²) in [7, 11) is -3.92. The third kappa shape index (κ3) is 8.21. The Morgan fingerprint density at radius 3 is 2.64 bits per heavy atom. The van der Waals surface area contributed by atoms with Crippen molar-refractivity contribution in [1.82, 2.24) is 35.4 Å². The molecule has 2 aliphatic carbocycles. The molecule has 1 unspecified atom stereocenters. The fourth-order valence-electron chi connectivity index (χ4n) is 7.28. The van der Waals surface area contributed by atoms with Crippen LogP contribution >= 0.6 is 0 Å². The predicted octanol–water partition coefficient (Wildman–Crippen LogP) is 3.59. The van der Waals surface area contributed by atoms with Gasteiger partial charge in [0, 0.05) is 24.5 Å². The normalized spacial score (nSPS) is 26.7. The van der Waals surface area contributed by atoms with Gasteiger partial charge in [0.15, 0.2) is 0 Å². The first kappa shape index (κ1) is 38.3. The van der Waals surface area contributed by atoms with Crippen molar-refractivity contribution in [3.8, 4) is 5.88 Å². The third-order valence-corrected chi connectivity index (χ3v) is 12.6. The van der Waals surface area contributed by atoms with Gasteiger partial charge in [-0.2, -0.15) is 0 Å². The monoisotopic (exact) mass is 779 g/mol. The zero-order chi connectivity index (χ0) is 39.1. The molecule has 3 fully saturated rings. The Morgan fingerprint density at radius 2 is 1.91 bits per heavy atom. The van der Waals surface area contributed by atoms with E-state index in [2.05, 4.69) is 30.5 Å². The van der Waals surface area contributed by atoms with E-state index in [1.807, 2.05) is 32.9 Å². The second-order valence-electron chi connectivity index (χ2n) is 15.3. The standard InChI is InChI=1S/C38H46FN7O8S/c1-4-26-35(42-30-16-23(39)12-15-27(30)40-26)53-24-17-31-33(47)43-38(37(50)45-55(51,52)25-13-14-25)19-22(38)10-8-6-5-7-9-11-28(36(49)46(31)20-24)41-34(48)32-18-29(21(2)3)44-54-32/h8,10,12,15-16,18,21-22,24-25,28,31H,4-7,9,11,13-14,17,19-20H2,1-3H3,(H,41,48)(H,43,47)(H,45,50)/b10-8-/t22?,24-,28+,31+,38-/m1/s1. The molecule has 2 aliphatic heterocycles. The van der Waals surface area contributed by atoms with E-state index in [4.69, 9.17) is 9.26 Å². The van der Waals surface area contributed by atoms with Crippen molar-refractivity contribution in [2.45, 2.75) is 120 Å². The first-order valence-corrected chi connectivity index (χ1v) is 20.6. The molecule has 4 aliphatic rings. The van der Waals surface area contributed by atoms with Crippen LogP contribution in [0.15, 0.2) is 40.9 Å². The van der Waals surface area contributed by atoms with Gasteiger partial charge in [0.05, 0.1) is 28.5 Å². The van der Waals surface area contributed by atoms with Gasteiger partial charge in [-0.3, -0.25) is 23.9 Å². The molecule has 1 saturated heterocycles. The molecule has 15 nitrogen and oxygen atoms in total. The van der Waals surface area contributed by atoms with E-state index in [1.165, 1.54) is 29.2 Å². The topological polar surface area (TPSA) is 203 Å². The molecule has 5 atom stereocenters. The quantitative estimate of drug-likeness (QED) is 0.268. The number of aromatic nitrogens is 3. The summed E-state index contributed by atoms with van der Waals surface area (Å²) in [6.07, 6.45) is 7.48. The van der Waals surface area contributed by atoms with Crippen LogP contribution in [0.1, 0.15) is 106 Å². The highest BCUT2D eigenvalue weighted by Crippen LogP contribution is 2.46. The molecule has 4 amide bonds. The molecule has 0 radical (unpaired) electrons. The molecule has 7 rings (SSSR count). The molecular formula is C38H46FN7O8S. The number of nitrogens with zero attached hydrogens (tertiary/aromatic N) is 4. The van der Waals surface area contributed by atoms with Gasteiger partial charge in [0.2, 0.25) is 33.5 Å². The van der Waals surface area contributed by atoms with Crippen molar-refractivity contribution in [3.63, 3.8) is 0 Å². The van der Waals surface area contributed by atoms with Gasteiger partial charge >= 0.3 is 0 Å². The number of hydrogen-bond donors (Lipinski definition) is 3. The van der Waals surface area contributed by atoms with Gasteiger partial charge in [0.25, 0.3) is 11.8 Å². The largest absolute Gasteiger partial charge is 0.471 e. The smallest absolute Gasteiger partial charge is 0.290 e. The molecule has 3 aromatic rings. The van der Waals surface area contributed by atoms with Crippen LogP contribution in [0.5, 0.6) is 5.88 Å². The molecular weight excluding hydrogens is 734 g/mol. The summed E-state index contributed by atoms with van der Waals surface area (Å²) < 4.78 is 53.7. The first-order valence-electron chi connectivity index (χ1n) is 19.0. The van der Waals surface area contributed by atoms with Crippen LogP contribution in [-0.2, 0) is 30.8 Å². The number of nitrogens with one attached hydrogen (secondary N) is 3. The van der Waals surface area contributed by atoms with Crippen LogP contribution in [0.2, 0.25) is 0 Å². The van der Waals surface area contributed by atoms with Crippen molar-refractivity contribution >= 4 is 44.7 Å². The highest BCUT2D eigenvalue weighted by atomic mass is 32.2. The highest BCUT2D eigenvalue weighted by molar-refractivity contribution is 7.91. The Hall–Kier alpha value is -4.93. The summed E-state index contributed by atoms with van der Waals surface area (Å²) in [5.41, 5.74) is 0.283. The molecule has 0 spiro atoms. The minimum atomic E-state index is -3.92. The second-order valence-corrected chi connectivity index (χ2v) is 17.2. The van der Waals surface area contributed by atoms with Crippen LogP contribution in [-0.4, -0.2) is 87.6 Å². The van der Waals surface area contributed by atoms with Crippen molar-refractivity contribution in [1.29, 1.82) is 0 Å². The molecule has 2 aromatic heterocycles. The third-order valence-electron chi connectivity index (χ3n) is 10.8. The van der Waals surface area contributed by atoms with E-state index in [0.717, 1.165) is 12.8 Å². The average molecular weight is 780 g/mol. The molecule has 3 N–H and O–H groups in total. The van der Waals surface area contributed by atoms with Crippen LogP contribution in [0.25, 0.3) is 11.0 Å². The first-order chi connectivity index (χ1) is 26.3. The van der Waals surface area contributed by atoms with E-state index in [0.29, 0.717) is 49.0 Å². The number of sulfonamides is 1. The number of ether oxygens (including phenoxy) is 1. The SMILES string of the molecule is CCc1nc2ccc(F)cc2nc1O[C@@H]1C[C@H]2C(=O)N[C@]3(C(=O)NS(=O)(=O)C4CC4)CC3/C=C\CCCCC[C@H](NC(=O)c3cc(C(C)C)no3)C(=O)N2C1. The van der Waals surface area contributed by atoms with Crippen LogP contribution in [0, 0.1) is 11.7 Å². The predicted molar refractivity (Wildman–Crippen MR) is 197 cm³/mol. The summed E-state index contributed by atoms with van der Waals surface area (Å²) in [5, 5.41) is 8.98. The summed E-state index contributed by atoms with van der Waals surface area (Å²) in [5.74, 6) is -3.54. The molecule has 294 valence electrons. The number of carbonyl (C=O) groups is 4. The van der Waals surface area contributed by atoms with Gasteiger partial charge in [-0.15, -0.1) is 0 Å². The van der Waals surface area contributed by atoms with E-state index >= 15 is 0 Å². The van der Waals surface area contributed by atoms with E-state index in [-0.39, 0.29) is 48.9 Å². The van der Waals surface area contributed by atoms with Crippen molar-refractivity contribution < 1.29 is 41.2 Å². The number of allylic oxidation sites excluding steroid dienone is 1. The molecule has 17 heteroatoms. The minimum absolute atomic E-state index is 0.00465. The van der Waals surface area contributed by atoms with Crippen molar-refractivity contribution in [2.24, 2.45) is 5.92 Å². The van der Waals surface area contributed by atoms with Gasteiger partial charge in [-0.05, 0) is 63.0 Å². The second kappa shape index (κ2) is 15.3. The van der Waals surface area contributed by atoms with E-state index in [1.54, 1.807) is 0 Å². The van der Waals surface area contributed by atoms with E-state index < -0.39 is 74.4 Å². The number of fused-ring (bicyclic) bond motifs is 3. The fraction of sp³-hybridized carbons (Fsp3) is 0.553. The lowest BCUT2D eigenvalue weighted by molar-refractivity contribution is -0.141. The maximum absolute atomic E-state index is 14.6. The zero-order valence-corrected chi connectivity index (χ0v) is 31.9. The summed E-state index contributed by atoms with van der Waals surface area (Å²) in [4.78, 5) is 66.6. The Kier molecular flexibility index (Phi) is 10.7. The average Bonchev–Trinajstić information content (AvgIpc) is 4.02. The Labute approximate surface area is 318 Å². The lowest BCUT2D eigenvalue weighted by atomic mass is 10.0. The van der Waals surface area contributed by atoms with Crippen LogP contribution in [0.3, 0.4) is 0 Å². The number of halogens is 1. The van der Waals surface area contributed by atoms with Crippen LogP contribution in [0.4, 0.5) is 4.39 Å². The molecule has 55 heavy (non-hydrogen) atoms. The maximum atomic E-state index is 14.6. The van der Waals surface area contributed by atoms with Gasteiger partial charge in [0.1, 0.15) is 35.2 Å². The van der Waals surface area contributed by atoms with E-state index in [9.17, 15) is 32.0 Å². The van der Waals surface area contributed by atoms with Crippen molar-refractivity contribution in [2.75, 3.05) is 6.54 Å². The maximum Gasteiger partial charge on any atom is 0.290 e. The van der Waals surface area contributed by atoms with Crippen LogP contribution < -0.4 is 20.1 Å². The summed E-state index contributed by atoms with van der Waals surface area (Å²) in [6.45, 7) is 5.59. The van der Waals surface area contributed by atoms with Gasteiger partial charge in [-0.25, -0.2) is 22.8 Å². The Balaban J connectivity index is 1.20. The Morgan fingerprint density at radius 1 is 1.11 bits per heavy atom. The molecule has 1 aromatic carbocycles. The number of hydrogen-bond acceptors (Lipinski definition) is 11. The minimum Gasteiger partial charge on any atom is -0.471 e. The number of amides is 4. The molecule has 4 heterocycles. The summed E-state index contributed by atoms with van der Waals surface area (Å²) >= 11 is 0. The molecule has 0 bridgehead atoms. The number of benzene rings is 1. The van der Waals surface area contributed by atoms with Crippen molar-refractivity contribution in [3.05, 3.63) is 59.4 Å². The van der Waals surface area contributed by atoms with Gasteiger partial charge < -0.3 is 24.8 Å².